The molecular weight excluding hydrogens is 937 g/mol. The lowest BCUT2D eigenvalue weighted by molar-refractivity contribution is -0.167. The summed E-state index contributed by atoms with van der Waals surface area (Å²) in [5, 5.41) is 0. The lowest BCUT2D eigenvalue weighted by atomic mass is 10.0. The number of rotatable bonds is 61. The largest absolute Gasteiger partial charge is 0.462 e. The molecule has 1 atom stereocenters. The van der Waals surface area contributed by atoms with Gasteiger partial charge in [-0.1, -0.05) is 306 Å². The molecule has 0 aliphatic rings. The van der Waals surface area contributed by atoms with Gasteiger partial charge in [0.05, 0.1) is 0 Å². The molecule has 0 aromatic carbocycles. The molecule has 0 aromatic rings. The normalized spacial score (nSPS) is 12.4. The molecule has 0 saturated carbocycles. The summed E-state index contributed by atoms with van der Waals surface area (Å²) in [5.41, 5.74) is 0. The third kappa shape index (κ3) is 62.0. The smallest absolute Gasteiger partial charge is 0.306 e. The van der Waals surface area contributed by atoms with Gasteiger partial charge in [-0.2, -0.15) is 0 Å². The lowest BCUT2D eigenvalue weighted by Gasteiger charge is -2.18. The maximum Gasteiger partial charge on any atom is 0.306 e. The van der Waals surface area contributed by atoms with Gasteiger partial charge < -0.3 is 14.2 Å². The molecule has 76 heavy (non-hydrogen) atoms. The molecule has 0 radical (unpaired) electrons. The predicted octanol–water partition coefficient (Wildman–Crippen LogP) is 22.7. The van der Waals surface area contributed by atoms with E-state index in [-0.39, 0.29) is 31.1 Å². The first-order valence-electron chi connectivity index (χ1n) is 33.3. The van der Waals surface area contributed by atoms with Crippen LogP contribution in [0.4, 0.5) is 0 Å². The van der Waals surface area contributed by atoms with E-state index in [1.807, 2.05) is 0 Å². The Hall–Kier alpha value is -2.89. The Labute approximate surface area is 472 Å². The number of esters is 3. The number of carbonyl (C=O) groups is 3. The number of ether oxygens (including phenoxy) is 3. The molecule has 0 aliphatic heterocycles. The minimum absolute atomic E-state index is 0.0813. The zero-order valence-corrected chi connectivity index (χ0v) is 50.8. The Morgan fingerprint density at radius 3 is 0.816 bits per heavy atom. The fourth-order valence-corrected chi connectivity index (χ4v) is 9.73. The first-order valence-corrected chi connectivity index (χ1v) is 33.3. The molecule has 0 saturated heterocycles. The van der Waals surface area contributed by atoms with Crippen molar-refractivity contribution in [1.29, 1.82) is 0 Å². The number of hydrogen-bond donors (Lipinski definition) is 0. The quantitative estimate of drug-likeness (QED) is 0.0261. The van der Waals surface area contributed by atoms with E-state index in [1.165, 1.54) is 199 Å². The maximum atomic E-state index is 12.9. The molecule has 6 heteroatoms. The van der Waals surface area contributed by atoms with Crippen molar-refractivity contribution in [3.63, 3.8) is 0 Å². The van der Waals surface area contributed by atoms with E-state index in [9.17, 15) is 14.4 Å². The van der Waals surface area contributed by atoms with Crippen LogP contribution >= 0.6 is 0 Å². The number of carbonyl (C=O) groups excluding carboxylic acids is 3. The second-order valence-corrected chi connectivity index (χ2v) is 22.4. The number of unbranched alkanes of at least 4 members (excludes halogenated alkanes) is 40. The van der Waals surface area contributed by atoms with Gasteiger partial charge in [0, 0.05) is 19.3 Å². The van der Waals surface area contributed by atoms with Gasteiger partial charge in [0.1, 0.15) is 13.2 Å². The molecule has 0 bridgehead atoms. The van der Waals surface area contributed by atoms with E-state index in [0.717, 1.165) is 109 Å². The fraction of sp³-hybridized carbons (Fsp3) is 0.814. The summed E-state index contributed by atoms with van der Waals surface area (Å²) < 4.78 is 16.9. The van der Waals surface area contributed by atoms with E-state index in [0.29, 0.717) is 19.3 Å². The third-order valence-electron chi connectivity index (χ3n) is 14.7. The van der Waals surface area contributed by atoms with Crippen LogP contribution in [-0.4, -0.2) is 37.2 Å². The molecule has 0 fully saturated rings. The van der Waals surface area contributed by atoms with Crippen molar-refractivity contribution < 1.29 is 28.6 Å². The Morgan fingerprint density at radius 2 is 0.500 bits per heavy atom. The van der Waals surface area contributed by atoms with Gasteiger partial charge in [-0.3, -0.25) is 14.4 Å². The van der Waals surface area contributed by atoms with E-state index >= 15 is 0 Å². The van der Waals surface area contributed by atoms with Crippen LogP contribution in [0, 0.1) is 0 Å². The van der Waals surface area contributed by atoms with Crippen LogP contribution in [-0.2, 0) is 28.6 Å². The van der Waals surface area contributed by atoms with Gasteiger partial charge in [0.25, 0.3) is 0 Å². The van der Waals surface area contributed by atoms with E-state index in [2.05, 4.69) is 81.5 Å². The van der Waals surface area contributed by atoms with E-state index in [4.69, 9.17) is 14.2 Å². The summed E-state index contributed by atoms with van der Waals surface area (Å²) in [6, 6.07) is 0. The average molecular weight is 1060 g/mol. The molecule has 0 N–H and O–H groups in total. The zero-order valence-electron chi connectivity index (χ0n) is 50.8. The Morgan fingerprint density at radius 1 is 0.263 bits per heavy atom. The number of hydrogen-bond acceptors (Lipinski definition) is 6. The van der Waals surface area contributed by atoms with Gasteiger partial charge >= 0.3 is 17.9 Å². The van der Waals surface area contributed by atoms with Gasteiger partial charge in [-0.25, -0.2) is 0 Å². The first-order chi connectivity index (χ1) is 37.5. The van der Waals surface area contributed by atoms with Crippen molar-refractivity contribution >= 4 is 17.9 Å². The monoisotopic (exact) mass is 1060 g/mol. The minimum atomic E-state index is -0.787. The fourth-order valence-electron chi connectivity index (χ4n) is 9.73. The summed E-state index contributed by atoms with van der Waals surface area (Å²) in [4.78, 5) is 38.3. The first kappa shape index (κ1) is 73.1. The Balaban J connectivity index is 4.26. The van der Waals surface area contributed by atoms with Crippen LogP contribution in [0.5, 0.6) is 0 Å². The maximum absolute atomic E-state index is 12.9. The highest BCUT2D eigenvalue weighted by Crippen LogP contribution is 2.18. The molecule has 0 rings (SSSR count). The highest BCUT2D eigenvalue weighted by Gasteiger charge is 2.19. The molecule has 1 unspecified atom stereocenters. The minimum Gasteiger partial charge on any atom is -0.462 e. The lowest BCUT2D eigenvalue weighted by Crippen LogP contribution is -2.30. The zero-order chi connectivity index (χ0) is 55.0. The van der Waals surface area contributed by atoms with Gasteiger partial charge in [-0.15, -0.1) is 0 Å². The third-order valence-corrected chi connectivity index (χ3v) is 14.7. The van der Waals surface area contributed by atoms with E-state index < -0.39 is 6.10 Å². The van der Waals surface area contributed by atoms with Crippen LogP contribution in [0.2, 0.25) is 0 Å². The van der Waals surface area contributed by atoms with E-state index in [1.54, 1.807) is 0 Å². The molecule has 0 heterocycles. The van der Waals surface area contributed by atoms with Crippen LogP contribution in [0.3, 0.4) is 0 Å². The topological polar surface area (TPSA) is 78.9 Å². The summed E-state index contributed by atoms with van der Waals surface area (Å²) in [6.07, 6.45) is 82.4. The van der Waals surface area contributed by atoms with Gasteiger partial charge in [-0.05, 0) is 83.5 Å². The van der Waals surface area contributed by atoms with Crippen molar-refractivity contribution in [3.05, 3.63) is 60.8 Å². The molecule has 0 aromatic heterocycles. The predicted molar refractivity (Wildman–Crippen MR) is 330 cm³/mol. The summed E-state index contributed by atoms with van der Waals surface area (Å²) in [7, 11) is 0. The van der Waals surface area contributed by atoms with Crippen LogP contribution in [0.1, 0.15) is 348 Å². The molecule has 442 valence electrons. The van der Waals surface area contributed by atoms with Crippen LogP contribution in [0.25, 0.3) is 0 Å². The van der Waals surface area contributed by atoms with Crippen molar-refractivity contribution in [1.82, 2.24) is 0 Å². The summed E-state index contributed by atoms with van der Waals surface area (Å²) >= 11 is 0. The van der Waals surface area contributed by atoms with Crippen molar-refractivity contribution in [2.45, 2.75) is 354 Å². The Kier molecular flexibility index (Phi) is 62.2. The molecular formula is C70H126O6. The van der Waals surface area contributed by atoms with Gasteiger partial charge in [0.15, 0.2) is 6.10 Å². The molecule has 0 spiro atoms. The standard InChI is InChI=1S/C70H126O6/c1-4-7-10-13-16-19-22-25-27-29-31-32-33-34-35-36-37-39-40-42-45-48-51-54-57-60-63-69(72)75-66-67(65-74-68(71)62-59-56-53-50-47-44-24-21-18-15-12-9-6-3)76-70(73)64-61-58-55-52-49-46-43-41-38-30-28-26-23-20-17-14-11-8-5-2/h12,15,17,20-21,24,26,28,38,41,67H,4-11,13-14,16,18-19,22-23,25,27,29-37,39-40,42-66H2,1-3H3/b15-12-,20-17-,24-21-,28-26-,41-38-. The molecule has 0 aliphatic carbocycles. The van der Waals surface area contributed by atoms with Crippen molar-refractivity contribution in [3.8, 4) is 0 Å². The Bertz CT molecular complexity index is 1360. The number of allylic oxidation sites excluding steroid dienone is 10. The summed E-state index contributed by atoms with van der Waals surface area (Å²) in [6.45, 7) is 6.58. The van der Waals surface area contributed by atoms with Crippen molar-refractivity contribution in [2.24, 2.45) is 0 Å². The summed E-state index contributed by atoms with van der Waals surface area (Å²) in [5.74, 6) is -0.891. The van der Waals surface area contributed by atoms with Crippen LogP contribution in [0.15, 0.2) is 60.8 Å². The second kappa shape index (κ2) is 64.6. The highest BCUT2D eigenvalue weighted by atomic mass is 16.6. The van der Waals surface area contributed by atoms with Crippen LogP contribution < -0.4 is 0 Å². The highest BCUT2D eigenvalue weighted by molar-refractivity contribution is 5.71. The molecule has 0 amide bonds. The SMILES string of the molecule is CCC/C=C\C/C=C\CCCCCCCC(=O)OCC(COC(=O)CCCCCCCCCCCCCCCCCCCCCCCCCCCC)OC(=O)CCCCCCCC/C=C\C/C=C\C/C=C\CCCCC. The second-order valence-electron chi connectivity index (χ2n) is 22.4. The van der Waals surface area contributed by atoms with Crippen molar-refractivity contribution in [2.75, 3.05) is 13.2 Å². The molecule has 6 nitrogen and oxygen atoms in total. The van der Waals surface area contributed by atoms with Gasteiger partial charge in [0.2, 0.25) is 0 Å². The average Bonchev–Trinajstić information content (AvgIpc) is 3.42.